The summed E-state index contributed by atoms with van der Waals surface area (Å²) in [5.74, 6) is -2.20. The van der Waals surface area contributed by atoms with Crippen molar-refractivity contribution >= 4 is 11.6 Å². The first-order valence-electron chi connectivity index (χ1n) is 12.5. The Hall–Kier alpha value is -2.54. The molecule has 4 rings (SSSR count). The molecule has 2 aliphatic heterocycles. The summed E-state index contributed by atoms with van der Waals surface area (Å²) >= 11 is 0. The maximum atomic E-state index is 14.9. The second kappa shape index (κ2) is 9.84. The van der Waals surface area contributed by atoms with E-state index < -0.39 is 17.6 Å². The number of anilines is 1. The minimum Gasteiger partial charge on any atom is -0.363 e. The van der Waals surface area contributed by atoms with Gasteiger partial charge in [0.15, 0.2) is 0 Å². The van der Waals surface area contributed by atoms with Gasteiger partial charge in [-0.25, -0.2) is 13.2 Å². The number of benzene rings is 2. The zero-order valence-corrected chi connectivity index (χ0v) is 21.3. The molecule has 0 aromatic heterocycles. The molecule has 1 amide bonds. The molecule has 0 radical (unpaired) electrons. The monoisotopic (exact) mass is 487 g/mol. The van der Waals surface area contributed by atoms with E-state index >= 15 is 0 Å². The Morgan fingerprint density at radius 2 is 1.51 bits per heavy atom. The molecule has 2 aromatic rings. The van der Waals surface area contributed by atoms with Crippen LogP contribution in [0.3, 0.4) is 0 Å². The molecule has 0 bridgehead atoms. The number of rotatable bonds is 5. The normalized spacial score (nSPS) is 25.8. The highest BCUT2D eigenvalue weighted by Crippen LogP contribution is 2.40. The molecule has 2 aliphatic rings. The van der Waals surface area contributed by atoms with Crippen LogP contribution in [0, 0.1) is 23.4 Å². The molecule has 4 nitrogen and oxygen atoms in total. The Morgan fingerprint density at radius 3 is 2.09 bits per heavy atom. The Labute approximate surface area is 206 Å². The second-order valence-electron chi connectivity index (χ2n) is 10.8. The summed E-state index contributed by atoms with van der Waals surface area (Å²) in [5.41, 5.74) is 1.21. The van der Waals surface area contributed by atoms with Crippen molar-refractivity contribution in [3.05, 3.63) is 65.5 Å². The molecular formula is C28H36F3N3O. The summed E-state index contributed by atoms with van der Waals surface area (Å²) in [6, 6.07) is 10.2. The number of piperazine rings is 1. The van der Waals surface area contributed by atoms with Gasteiger partial charge in [0.2, 0.25) is 5.91 Å². The van der Waals surface area contributed by atoms with E-state index in [1.54, 1.807) is 12.1 Å². The summed E-state index contributed by atoms with van der Waals surface area (Å²) in [7, 11) is 0. The van der Waals surface area contributed by atoms with Crippen LogP contribution in [0.2, 0.25) is 0 Å². The van der Waals surface area contributed by atoms with Gasteiger partial charge in [0.05, 0.1) is 5.92 Å². The van der Waals surface area contributed by atoms with E-state index in [-0.39, 0.29) is 35.3 Å². The van der Waals surface area contributed by atoms with E-state index in [9.17, 15) is 18.0 Å². The molecule has 2 aromatic carbocycles. The molecule has 0 N–H and O–H groups in total. The predicted molar refractivity (Wildman–Crippen MR) is 133 cm³/mol. The van der Waals surface area contributed by atoms with Gasteiger partial charge in [-0.05, 0) is 70.0 Å². The molecule has 2 heterocycles. The van der Waals surface area contributed by atoms with Crippen molar-refractivity contribution in [2.45, 2.75) is 64.6 Å². The standard InChI is InChI=1S/C28H36F3N3O/c1-6-28(4,5)33-16-24(23-12-9-21(30)13-26(23)31)25(17-33)27(35)32-14-18(2)34(19(3)15-32)22-10-7-20(29)8-11-22/h7-13,18-19,24-25H,6,14-17H2,1-5H3/t18-,19+,24?,25-/m1/s1. The van der Waals surface area contributed by atoms with Gasteiger partial charge < -0.3 is 9.80 Å². The number of carbonyl (C=O) groups excluding carboxylic acids is 1. The van der Waals surface area contributed by atoms with Crippen LogP contribution < -0.4 is 4.90 Å². The van der Waals surface area contributed by atoms with Crippen LogP contribution in [-0.4, -0.2) is 59.5 Å². The maximum Gasteiger partial charge on any atom is 0.227 e. The molecule has 4 atom stereocenters. The van der Waals surface area contributed by atoms with Gasteiger partial charge in [-0.15, -0.1) is 0 Å². The lowest BCUT2D eigenvalue weighted by molar-refractivity contribution is -0.137. The minimum atomic E-state index is -0.613. The van der Waals surface area contributed by atoms with Crippen LogP contribution >= 0.6 is 0 Å². The van der Waals surface area contributed by atoms with Gasteiger partial charge in [0.25, 0.3) is 0 Å². The number of amides is 1. The summed E-state index contributed by atoms with van der Waals surface area (Å²) in [5, 5.41) is 0. The number of carbonyl (C=O) groups is 1. The highest BCUT2D eigenvalue weighted by molar-refractivity contribution is 5.81. The molecule has 0 saturated carbocycles. The van der Waals surface area contributed by atoms with Crippen LogP contribution in [0.5, 0.6) is 0 Å². The quantitative estimate of drug-likeness (QED) is 0.563. The summed E-state index contributed by atoms with van der Waals surface area (Å²) < 4.78 is 41.9. The lowest BCUT2D eigenvalue weighted by Gasteiger charge is -2.46. The molecule has 1 unspecified atom stereocenters. The van der Waals surface area contributed by atoms with Gasteiger partial charge in [-0.2, -0.15) is 0 Å². The summed E-state index contributed by atoms with van der Waals surface area (Å²) in [6.45, 7) is 12.7. The molecule has 2 saturated heterocycles. The maximum absolute atomic E-state index is 14.9. The average Bonchev–Trinajstić information content (AvgIpc) is 3.25. The number of likely N-dealkylation sites (tertiary alicyclic amines) is 1. The van der Waals surface area contributed by atoms with Crippen LogP contribution in [0.1, 0.15) is 52.5 Å². The number of halogens is 3. The zero-order chi connectivity index (χ0) is 25.5. The van der Waals surface area contributed by atoms with Gasteiger partial charge in [0, 0.05) is 61.5 Å². The molecule has 0 aliphatic carbocycles. The van der Waals surface area contributed by atoms with Crippen molar-refractivity contribution in [3.8, 4) is 0 Å². The van der Waals surface area contributed by atoms with E-state index in [0.717, 1.165) is 18.2 Å². The van der Waals surface area contributed by atoms with Crippen molar-refractivity contribution in [1.29, 1.82) is 0 Å². The Balaban J connectivity index is 1.58. The second-order valence-corrected chi connectivity index (χ2v) is 10.8. The van der Waals surface area contributed by atoms with E-state index in [2.05, 4.69) is 44.4 Å². The first kappa shape index (κ1) is 25.5. The van der Waals surface area contributed by atoms with E-state index in [0.29, 0.717) is 31.7 Å². The first-order chi connectivity index (χ1) is 16.5. The SMILES string of the molecule is CCC(C)(C)N1CC(c2ccc(F)cc2F)[C@H](C(=O)N2C[C@@H](C)N(c3ccc(F)cc3)[C@@H](C)C2)C1. The summed E-state index contributed by atoms with van der Waals surface area (Å²) in [4.78, 5) is 20.3. The topological polar surface area (TPSA) is 26.8 Å². The zero-order valence-electron chi connectivity index (χ0n) is 21.3. The predicted octanol–water partition coefficient (Wildman–Crippen LogP) is 5.43. The molecule has 190 valence electrons. The first-order valence-corrected chi connectivity index (χ1v) is 12.5. The van der Waals surface area contributed by atoms with Gasteiger partial charge >= 0.3 is 0 Å². The van der Waals surface area contributed by atoms with Crippen molar-refractivity contribution in [2.24, 2.45) is 5.92 Å². The van der Waals surface area contributed by atoms with E-state index in [4.69, 9.17) is 0 Å². The third kappa shape index (κ3) is 5.06. The van der Waals surface area contributed by atoms with E-state index in [1.165, 1.54) is 24.3 Å². The van der Waals surface area contributed by atoms with Crippen LogP contribution in [-0.2, 0) is 4.79 Å². The third-order valence-electron chi connectivity index (χ3n) is 8.08. The summed E-state index contributed by atoms with van der Waals surface area (Å²) in [6.07, 6.45) is 0.900. The van der Waals surface area contributed by atoms with Crippen molar-refractivity contribution < 1.29 is 18.0 Å². The van der Waals surface area contributed by atoms with Gasteiger partial charge in [0.1, 0.15) is 17.5 Å². The fourth-order valence-electron chi connectivity index (χ4n) is 5.75. The lowest BCUT2D eigenvalue weighted by Crippen LogP contribution is -2.59. The number of hydrogen-bond donors (Lipinski definition) is 0. The van der Waals surface area contributed by atoms with Crippen molar-refractivity contribution in [1.82, 2.24) is 9.80 Å². The molecule has 0 spiro atoms. The fraction of sp³-hybridized carbons (Fsp3) is 0.536. The van der Waals surface area contributed by atoms with Crippen LogP contribution in [0.4, 0.5) is 18.9 Å². The van der Waals surface area contributed by atoms with Crippen molar-refractivity contribution in [3.63, 3.8) is 0 Å². The number of nitrogens with zero attached hydrogens (tertiary/aromatic N) is 3. The largest absolute Gasteiger partial charge is 0.363 e. The van der Waals surface area contributed by atoms with Gasteiger partial charge in [-0.1, -0.05) is 13.0 Å². The van der Waals surface area contributed by atoms with Crippen molar-refractivity contribution in [2.75, 3.05) is 31.1 Å². The minimum absolute atomic E-state index is 0.0191. The lowest BCUT2D eigenvalue weighted by atomic mass is 9.87. The van der Waals surface area contributed by atoms with Gasteiger partial charge in [-0.3, -0.25) is 9.69 Å². The highest BCUT2D eigenvalue weighted by Gasteiger charge is 2.46. The molecule has 2 fully saturated rings. The highest BCUT2D eigenvalue weighted by atomic mass is 19.1. The average molecular weight is 488 g/mol. The Kier molecular flexibility index (Phi) is 7.18. The van der Waals surface area contributed by atoms with Crippen LogP contribution in [0.15, 0.2) is 42.5 Å². The van der Waals surface area contributed by atoms with E-state index in [1.807, 2.05) is 4.90 Å². The smallest absolute Gasteiger partial charge is 0.227 e. The fourth-order valence-corrected chi connectivity index (χ4v) is 5.75. The third-order valence-corrected chi connectivity index (χ3v) is 8.08. The molecular weight excluding hydrogens is 451 g/mol. The Morgan fingerprint density at radius 1 is 0.914 bits per heavy atom. The molecule has 35 heavy (non-hydrogen) atoms. The number of hydrogen-bond acceptors (Lipinski definition) is 3. The molecule has 7 heteroatoms. The Bertz CT molecular complexity index is 1050. The van der Waals surface area contributed by atoms with Crippen LogP contribution in [0.25, 0.3) is 0 Å².